The van der Waals surface area contributed by atoms with E-state index >= 15 is 0 Å². The standard InChI is InChI=1S/C12H20N2O2/c1-3-7-16-11-6-4-5-10(8-11)12(14-13)9-15-2/h4-6,8,12,14H,3,7,9,13H2,1-2H3. The smallest absolute Gasteiger partial charge is 0.119 e. The van der Waals surface area contributed by atoms with E-state index in [9.17, 15) is 0 Å². The molecule has 0 radical (unpaired) electrons. The number of hydrogen-bond acceptors (Lipinski definition) is 4. The SMILES string of the molecule is CCCOc1cccc(C(COC)NN)c1. The summed E-state index contributed by atoms with van der Waals surface area (Å²) in [6.07, 6.45) is 1.00. The predicted molar refractivity (Wildman–Crippen MR) is 64.2 cm³/mol. The van der Waals surface area contributed by atoms with Gasteiger partial charge in [-0.05, 0) is 24.1 Å². The third kappa shape index (κ3) is 3.81. The largest absolute Gasteiger partial charge is 0.494 e. The van der Waals surface area contributed by atoms with Crippen molar-refractivity contribution in [1.82, 2.24) is 5.43 Å². The summed E-state index contributed by atoms with van der Waals surface area (Å²) in [5.41, 5.74) is 3.79. The van der Waals surface area contributed by atoms with Gasteiger partial charge in [-0.3, -0.25) is 11.3 Å². The van der Waals surface area contributed by atoms with E-state index in [1.165, 1.54) is 0 Å². The zero-order valence-electron chi connectivity index (χ0n) is 9.90. The van der Waals surface area contributed by atoms with Crippen LogP contribution in [-0.2, 0) is 4.74 Å². The Morgan fingerprint density at radius 3 is 2.88 bits per heavy atom. The first-order valence-electron chi connectivity index (χ1n) is 5.49. The molecule has 0 aliphatic rings. The summed E-state index contributed by atoms with van der Waals surface area (Å²) in [5, 5.41) is 0. The predicted octanol–water partition coefficient (Wildman–Crippen LogP) is 1.63. The minimum Gasteiger partial charge on any atom is -0.494 e. The minimum atomic E-state index is -0.00447. The summed E-state index contributed by atoms with van der Waals surface area (Å²) >= 11 is 0. The van der Waals surface area contributed by atoms with Crippen molar-refractivity contribution in [3.63, 3.8) is 0 Å². The highest BCUT2D eigenvalue weighted by Gasteiger charge is 2.09. The number of hydrogen-bond donors (Lipinski definition) is 2. The Labute approximate surface area is 96.7 Å². The third-order valence-electron chi connectivity index (χ3n) is 2.27. The Morgan fingerprint density at radius 2 is 2.25 bits per heavy atom. The molecule has 0 spiro atoms. The maximum absolute atomic E-state index is 5.56. The first kappa shape index (κ1) is 13.0. The summed E-state index contributed by atoms with van der Waals surface area (Å²) in [7, 11) is 1.65. The molecular weight excluding hydrogens is 204 g/mol. The van der Waals surface area contributed by atoms with Gasteiger partial charge < -0.3 is 9.47 Å². The Morgan fingerprint density at radius 1 is 1.44 bits per heavy atom. The fraction of sp³-hybridized carbons (Fsp3) is 0.500. The molecule has 0 saturated carbocycles. The van der Waals surface area contributed by atoms with Crippen LogP contribution >= 0.6 is 0 Å². The third-order valence-corrected chi connectivity index (χ3v) is 2.27. The first-order valence-corrected chi connectivity index (χ1v) is 5.49. The van der Waals surface area contributed by atoms with Crippen LogP contribution in [0, 0.1) is 0 Å². The highest BCUT2D eigenvalue weighted by atomic mass is 16.5. The van der Waals surface area contributed by atoms with E-state index in [2.05, 4.69) is 12.3 Å². The molecule has 0 aromatic heterocycles. The van der Waals surface area contributed by atoms with E-state index in [1.807, 2.05) is 24.3 Å². The average molecular weight is 224 g/mol. The van der Waals surface area contributed by atoms with Crippen molar-refractivity contribution in [2.45, 2.75) is 19.4 Å². The molecule has 0 fully saturated rings. The molecule has 4 heteroatoms. The summed E-state index contributed by atoms with van der Waals surface area (Å²) < 4.78 is 10.6. The van der Waals surface area contributed by atoms with Gasteiger partial charge in [0, 0.05) is 7.11 Å². The van der Waals surface area contributed by atoms with Crippen LogP contribution in [0.3, 0.4) is 0 Å². The van der Waals surface area contributed by atoms with Crippen LogP contribution in [0.2, 0.25) is 0 Å². The van der Waals surface area contributed by atoms with Gasteiger partial charge in [0.25, 0.3) is 0 Å². The quantitative estimate of drug-likeness (QED) is 0.546. The lowest BCUT2D eigenvalue weighted by atomic mass is 10.1. The van der Waals surface area contributed by atoms with Crippen molar-refractivity contribution in [1.29, 1.82) is 0 Å². The summed E-state index contributed by atoms with van der Waals surface area (Å²) in [5.74, 6) is 6.34. The van der Waals surface area contributed by atoms with E-state index in [4.69, 9.17) is 15.3 Å². The first-order chi connectivity index (χ1) is 7.81. The van der Waals surface area contributed by atoms with Gasteiger partial charge in [-0.15, -0.1) is 0 Å². The molecular formula is C12H20N2O2. The van der Waals surface area contributed by atoms with E-state index < -0.39 is 0 Å². The van der Waals surface area contributed by atoms with Gasteiger partial charge in [0.05, 0.1) is 19.3 Å². The molecule has 90 valence electrons. The molecule has 0 bridgehead atoms. The Bertz CT molecular complexity index is 305. The number of nitrogens with one attached hydrogen (secondary N) is 1. The van der Waals surface area contributed by atoms with Crippen molar-refractivity contribution in [3.8, 4) is 5.75 Å². The molecule has 3 N–H and O–H groups in total. The van der Waals surface area contributed by atoms with Gasteiger partial charge in [-0.2, -0.15) is 0 Å². The second-order valence-electron chi connectivity index (χ2n) is 3.60. The topological polar surface area (TPSA) is 56.5 Å². The number of methoxy groups -OCH3 is 1. The normalized spacial score (nSPS) is 12.4. The Balaban J connectivity index is 2.71. The van der Waals surface area contributed by atoms with E-state index in [0.29, 0.717) is 6.61 Å². The van der Waals surface area contributed by atoms with Crippen molar-refractivity contribution in [2.24, 2.45) is 5.84 Å². The minimum absolute atomic E-state index is 0.00447. The molecule has 16 heavy (non-hydrogen) atoms. The van der Waals surface area contributed by atoms with Crippen molar-refractivity contribution in [3.05, 3.63) is 29.8 Å². The second-order valence-corrected chi connectivity index (χ2v) is 3.60. The highest BCUT2D eigenvalue weighted by Crippen LogP contribution is 2.19. The van der Waals surface area contributed by atoms with Crippen LogP contribution in [0.25, 0.3) is 0 Å². The van der Waals surface area contributed by atoms with Gasteiger partial charge in [0.15, 0.2) is 0 Å². The molecule has 1 aromatic rings. The van der Waals surface area contributed by atoms with Crippen LogP contribution in [0.15, 0.2) is 24.3 Å². The van der Waals surface area contributed by atoms with Crippen LogP contribution in [-0.4, -0.2) is 20.3 Å². The summed E-state index contributed by atoms with van der Waals surface area (Å²) in [4.78, 5) is 0. The monoisotopic (exact) mass is 224 g/mol. The number of nitrogens with two attached hydrogens (primary N) is 1. The fourth-order valence-corrected chi connectivity index (χ4v) is 1.45. The molecule has 1 aromatic carbocycles. The van der Waals surface area contributed by atoms with E-state index in [-0.39, 0.29) is 6.04 Å². The molecule has 1 atom stereocenters. The molecule has 0 aliphatic carbocycles. The van der Waals surface area contributed by atoms with Gasteiger partial charge in [-0.25, -0.2) is 0 Å². The van der Waals surface area contributed by atoms with E-state index in [1.54, 1.807) is 7.11 Å². The van der Waals surface area contributed by atoms with Gasteiger partial charge in [0.1, 0.15) is 5.75 Å². The Kier molecular flexibility index (Phi) is 5.85. The van der Waals surface area contributed by atoms with Gasteiger partial charge in [0.2, 0.25) is 0 Å². The summed E-state index contributed by atoms with van der Waals surface area (Å²) in [6.45, 7) is 3.35. The van der Waals surface area contributed by atoms with Crippen LogP contribution in [0.1, 0.15) is 24.9 Å². The van der Waals surface area contributed by atoms with E-state index in [0.717, 1.165) is 24.3 Å². The van der Waals surface area contributed by atoms with Crippen LogP contribution < -0.4 is 16.0 Å². The zero-order valence-corrected chi connectivity index (χ0v) is 9.90. The second kappa shape index (κ2) is 7.22. The van der Waals surface area contributed by atoms with Gasteiger partial charge in [-0.1, -0.05) is 19.1 Å². The van der Waals surface area contributed by atoms with Crippen molar-refractivity contribution >= 4 is 0 Å². The van der Waals surface area contributed by atoms with Gasteiger partial charge >= 0.3 is 0 Å². The number of benzene rings is 1. The lowest BCUT2D eigenvalue weighted by molar-refractivity contribution is 0.167. The lowest BCUT2D eigenvalue weighted by Crippen LogP contribution is -2.31. The fourth-order valence-electron chi connectivity index (χ4n) is 1.45. The molecule has 1 unspecified atom stereocenters. The number of ether oxygens (including phenoxy) is 2. The molecule has 0 heterocycles. The molecule has 1 rings (SSSR count). The maximum atomic E-state index is 5.56. The van der Waals surface area contributed by atoms with Crippen LogP contribution in [0.4, 0.5) is 0 Å². The Hall–Kier alpha value is -1.10. The molecule has 0 aliphatic heterocycles. The zero-order chi connectivity index (χ0) is 11.8. The van der Waals surface area contributed by atoms with Crippen molar-refractivity contribution < 1.29 is 9.47 Å². The lowest BCUT2D eigenvalue weighted by Gasteiger charge is -2.16. The molecule has 0 amide bonds. The molecule has 0 saturated heterocycles. The number of rotatable bonds is 7. The average Bonchev–Trinajstić information content (AvgIpc) is 2.33. The van der Waals surface area contributed by atoms with Crippen molar-refractivity contribution in [2.75, 3.05) is 20.3 Å². The number of hydrazine groups is 1. The van der Waals surface area contributed by atoms with Crippen LogP contribution in [0.5, 0.6) is 5.75 Å². The maximum Gasteiger partial charge on any atom is 0.119 e. The summed E-state index contributed by atoms with van der Waals surface area (Å²) in [6, 6.07) is 7.89. The molecule has 4 nitrogen and oxygen atoms in total. The highest BCUT2D eigenvalue weighted by molar-refractivity contribution is 5.30.